The van der Waals surface area contributed by atoms with Gasteiger partial charge >= 0.3 is 0 Å². The fraction of sp³-hybridized carbons (Fsp3) is 0.438. The Balaban J connectivity index is 2.23. The number of fused-ring (bicyclic) bond motifs is 1. The Morgan fingerprint density at radius 3 is 2.39 bits per heavy atom. The highest BCUT2D eigenvalue weighted by molar-refractivity contribution is 6.00. The maximum absolute atomic E-state index is 9.92. The van der Waals surface area contributed by atoms with Gasteiger partial charge in [-0.25, -0.2) is 4.99 Å². The molecule has 0 bridgehead atoms. The summed E-state index contributed by atoms with van der Waals surface area (Å²) >= 11 is 0. The van der Waals surface area contributed by atoms with Crippen molar-refractivity contribution in [1.82, 2.24) is 0 Å². The third kappa shape index (κ3) is 1.41. The van der Waals surface area contributed by atoms with Gasteiger partial charge in [-0.3, -0.25) is 0 Å². The predicted octanol–water partition coefficient (Wildman–Crippen LogP) is 1.13. The van der Waals surface area contributed by atoms with E-state index in [1.807, 2.05) is 6.07 Å². The summed E-state index contributed by atoms with van der Waals surface area (Å²) in [5, 5.41) is 19.7. The van der Waals surface area contributed by atoms with E-state index in [0.29, 0.717) is 5.75 Å². The van der Waals surface area contributed by atoms with Gasteiger partial charge in [0.25, 0.3) is 5.91 Å². The largest absolute Gasteiger partial charge is 0.497 e. The van der Waals surface area contributed by atoms with Gasteiger partial charge in [-0.2, -0.15) is 10.5 Å². The Morgan fingerprint density at radius 2 is 1.87 bits per heavy atom. The van der Waals surface area contributed by atoms with Gasteiger partial charge in [0.2, 0.25) is 0 Å². The second-order valence-corrected chi connectivity index (χ2v) is 5.54. The summed E-state index contributed by atoms with van der Waals surface area (Å²) in [5.74, 6) is -1.44. The highest BCUT2D eigenvalue weighted by Gasteiger charge is 2.93. The van der Waals surface area contributed by atoms with E-state index in [-0.39, 0.29) is 5.84 Å². The third-order valence-electron chi connectivity index (χ3n) is 4.91. The number of ether oxygens (including phenoxy) is 3. The average Bonchev–Trinajstić information content (AvgIpc) is 3.18. The predicted molar refractivity (Wildman–Crippen MR) is 80.2 cm³/mol. The fourth-order valence-electron chi connectivity index (χ4n) is 3.84. The Bertz CT molecular complexity index is 774. The van der Waals surface area contributed by atoms with E-state index in [1.54, 1.807) is 25.3 Å². The van der Waals surface area contributed by atoms with Gasteiger partial charge in [-0.05, 0) is 17.7 Å². The van der Waals surface area contributed by atoms with E-state index in [4.69, 9.17) is 19.9 Å². The standard InChI is InChI=1S/C16H16N4O3/c1-21-11-6-4-5-10(7-11)12-14(8-17)13(19)20-16(22-2,23-3)15(12,14)9-18/h4-7,12H,1-3H3,(H2,19,20)/t12-,14+,15+/m1/s1. The Morgan fingerprint density at radius 1 is 1.17 bits per heavy atom. The molecule has 0 radical (unpaired) electrons. The van der Waals surface area contributed by atoms with E-state index in [9.17, 15) is 10.5 Å². The maximum Gasteiger partial charge on any atom is 0.292 e. The number of nitriles is 2. The fourth-order valence-corrected chi connectivity index (χ4v) is 3.84. The average molecular weight is 312 g/mol. The maximum atomic E-state index is 9.92. The van der Waals surface area contributed by atoms with Crippen LogP contribution in [0.1, 0.15) is 11.5 Å². The van der Waals surface area contributed by atoms with Crippen LogP contribution >= 0.6 is 0 Å². The number of benzene rings is 1. The van der Waals surface area contributed by atoms with Gasteiger partial charge in [0.15, 0.2) is 5.41 Å². The molecule has 7 nitrogen and oxygen atoms in total. The molecule has 0 amide bonds. The number of methoxy groups -OCH3 is 3. The molecule has 1 aromatic carbocycles. The first-order valence-corrected chi connectivity index (χ1v) is 6.96. The molecular weight excluding hydrogens is 296 g/mol. The van der Waals surface area contributed by atoms with Crippen molar-refractivity contribution in [3.05, 3.63) is 29.8 Å². The summed E-state index contributed by atoms with van der Waals surface area (Å²) in [6.07, 6.45) is 0. The molecule has 23 heavy (non-hydrogen) atoms. The van der Waals surface area contributed by atoms with Gasteiger partial charge in [-0.1, -0.05) is 12.1 Å². The summed E-state index contributed by atoms with van der Waals surface area (Å²) < 4.78 is 16.0. The minimum Gasteiger partial charge on any atom is -0.497 e. The molecule has 1 aliphatic carbocycles. The Hall–Kier alpha value is -2.61. The number of nitrogens with two attached hydrogens (primary N) is 1. The number of rotatable bonds is 4. The van der Waals surface area contributed by atoms with E-state index < -0.39 is 22.7 Å². The number of aliphatic imine (C=N–C) groups is 1. The first-order chi connectivity index (χ1) is 11.0. The summed E-state index contributed by atoms with van der Waals surface area (Å²) in [4.78, 5) is 4.17. The van der Waals surface area contributed by atoms with Crippen molar-refractivity contribution in [3.8, 4) is 17.9 Å². The molecule has 2 N–H and O–H groups in total. The molecule has 1 aliphatic heterocycles. The quantitative estimate of drug-likeness (QED) is 0.834. The number of hydrogen-bond acceptors (Lipinski definition) is 7. The molecule has 3 rings (SSSR count). The zero-order chi connectivity index (χ0) is 16.9. The first kappa shape index (κ1) is 15.3. The third-order valence-corrected chi connectivity index (χ3v) is 4.91. The monoisotopic (exact) mass is 312 g/mol. The molecule has 3 atom stereocenters. The van der Waals surface area contributed by atoms with Gasteiger partial charge in [0.1, 0.15) is 17.0 Å². The van der Waals surface area contributed by atoms with Crippen LogP contribution in [0.4, 0.5) is 0 Å². The minimum absolute atomic E-state index is 0.0538. The van der Waals surface area contributed by atoms with Crippen LogP contribution in [-0.4, -0.2) is 33.1 Å². The molecule has 2 aliphatic rings. The van der Waals surface area contributed by atoms with Crippen LogP contribution < -0.4 is 10.5 Å². The number of amidine groups is 1. The van der Waals surface area contributed by atoms with Crippen molar-refractivity contribution < 1.29 is 14.2 Å². The lowest BCUT2D eigenvalue weighted by atomic mass is 9.93. The van der Waals surface area contributed by atoms with Gasteiger partial charge in [-0.15, -0.1) is 0 Å². The molecule has 1 heterocycles. The first-order valence-electron chi connectivity index (χ1n) is 6.96. The summed E-state index contributed by atoms with van der Waals surface area (Å²) in [6, 6.07) is 11.6. The highest BCUT2D eigenvalue weighted by atomic mass is 16.7. The lowest BCUT2D eigenvalue weighted by Crippen LogP contribution is -2.41. The van der Waals surface area contributed by atoms with Crippen LogP contribution in [0.25, 0.3) is 0 Å². The smallest absolute Gasteiger partial charge is 0.292 e. The second-order valence-electron chi connectivity index (χ2n) is 5.54. The van der Waals surface area contributed by atoms with Gasteiger partial charge in [0, 0.05) is 20.1 Å². The molecule has 1 fully saturated rings. The number of hydrogen-bond donors (Lipinski definition) is 1. The zero-order valence-corrected chi connectivity index (χ0v) is 13.0. The molecule has 7 heteroatoms. The van der Waals surface area contributed by atoms with Crippen molar-refractivity contribution in [2.45, 2.75) is 11.8 Å². The topological polar surface area (TPSA) is 114 Å². The summed E-state index contributed by atoms with van der Waals surface area (Å²) in [5.41, 5.74) is 4.17. The summed E-state index contributed by atoms with van der Waals surface area (Å²) in [7, 11) is 4.32. The SMILES string of the molecule is COc1cccc([C@@H]2[C@@]3(C#N)C(N)=NC(OC)(OC)[C@@]23C#N)c1. The van der Waals surface area contributed by atoms with Crippen LogP contribution in [0.15, 0.2) is 29.3 Å². The lowest BCUT2D eigenvalue weighted by molar-refractivity contribution is -0.230. The minimum atomic E-state index is -1.60. The van der Waals surface area contributed by atoms with E-state index in [2.05, 4.69) is 17.1 Å². The molecule has 0 unspecified atom stereocenters. The van der Waals surface area contributed by atoms with Crippen molar-refractivity contribution in [1.29, 1.82) is 10.5 Å². The van der Waals surface area contributed by atoms with Crippen LogP contribution in [0.2, 0.25) is 0 Å². The van der Waals surface area contributed by atoms with E-state index in [1.165, 1.54) is 14.2 Å². The molecule has 0 spiro atoms. The van der Waals surface area contributed by atoms with E-state index >= 15 is 0 Å². The van der Waals surface area contributed by atoms with Crippen molar-refractivity contribution in [2.24, 2.45) is 21.6 Å². The molecule has 0 saturated heterocycles. The van der Waals surface area contributed by atoms with Gasteiger partial charge < -0.3 is 19.9 Å². The van der Waals surface area contributed by atoms with Crippen molar-refractivity contribution in [3.63, 3.8) is 0 Å². The molecular formula is C16H16N4O3. The van der Waals surface area contributed by atoms with Crippen molar-refractivity contribution >= 4 is 5.84 Å². The van der Waals surface area contributed by atoms with E-state index in [0.717, 1.165) is 5.56 Å². The number of nitrogens with zero attached hydrogens (tertiary/aromatic N) is 3. The Labute approximate surface area is 133 Å². The normalized spacial score (nSPS) is 33.1. The second kappa shape index (κ2) is 4.69. The van der Waals surface area contributed by atoms with Crippen LogP contribution in [0.5, 0.6) is 5.75 Å². The highest BCUT2D eigenvalue weighted by Crippen LogP contribution is 2.81. The Kier molecular flexibility index (Phi) is 3.12. The molecule has 1 aromatic rings. The van der Waals surface area contributed by atoms with Crippen molar-refractivity contribution in [2.75, 3.05) is 21.3 Å². The lowest BCUT2D eigenvalue weighted by Gasteiger charge is -2.29. The van der Waals surface area contributed by atoms with Crippen LogP contribution in [-0.2, 0) is 9.47 Å². The molecule has 118 valence electrons. The van der Waals surface area contributed by atoms with Crippen LogP contribution in [0.3, 0.4) is 0 Å². The van der Waals surface area contributed by atoms with Crippen LogP contribution in [0, 0.1) is 33.5 Å². The summed E-state index contributed by atoms with van der Waals surface area (Å²) in [6.45, 7) is 0. The molecule has 1 saturated carbocycles. The zero-order valence-electron chi connectivity index (χ0n) is 13.0. The van der Waals surface area contributed by atoms with Gasteiger partial charge in [0.05, 0.1) is 19.2 Å². The molecule has 0 aromatic heterocycles.